The van der Waals surface area contributed by atoms with E-state index in [4.69, 9.17) is 11.6 Å². The van der Waals surface area contributed by atoms with E-state index in [-0.39, 0.29) is 4.91 Å². The Kier molecular flexibility index (Phi) is 4.52. The summed E-state index contributed by atoms with van der Waals surface area (Å²) in [5, 5.41) is -0.484. The van der Waals surface area contributed by atoms with Gasteiger partial charge in [0.1, 0.15) is 6.04 Å². The van der Waals surface area contributed by atoms with E-state index in [1.165, 1.54) is 25.4 Å². The molecular weight excluding hydrogens is 322 g/mol. The molecule has 0 bridgehead atoms. The number of rotatable bonds is 3. The summed E-state index contributed by atoms with van der Waals surface area (Å²) < 4.78 is 5.14. The van der Waals surface area contributed by atoms with Crippen LogP contribution in [0.25, 0.3) is 6.08 Å². The molecule has 0 saturated carbocycles. The fourth-order valence-corrected chi connectivity index (χ4v) is 3.60. The lowest BCUT2D eigenvalue weighted by molar-refractivity contribution is -0.148. The third-order valence-electron chi connectivity index (χ3n) is 2.62. The lowest BCUT2D eigenvalue weighted by atomic mass is 10.3. The molecule has 0 N–H and O–H groups in total. The minimum absolute atomic E-state index is 0.268. The molecule has 2 heterocycles. The van der Waals surface area contributed by atoms with E-state index in [1.54, 1.807) is 18.2 Å². The largest absolute Gasteiger partial charge is 0.467 e. The summed E-state index contributed by atoms with van der Waals surface area (Å²) in [5.41, 5.74) is 0. The molecule has 20 heavy (non-hydrogen) atoms. The maximum atomic E-state index is 12.2. The van der Waals surface area contributed by atoms with Crippen molar-refractivity contribution in [2.45, 2.75) is 13.0 Å². The molecule has 1 saturated heterocycles. The molecule has 1 aliphatic rings. The molecule has 2 amide bonds. The summed E-state index contributed by atoms with van der Waals surface area (Å²) in [6.07, 6.45) is 1.59. The van der Waals surface area contributed by atoms with Crippen molar-refractivity contribution in [3.8, 4) is 0 Å². The van der Waals surface area contributed by atoms with E-state index in [9.17, 15) is 14.4 Å². The minimum Gasteiger partial charge on any atom is -0.467 e. The van der Waals surface area contributed by atoms with E-state index < -0.39 is 23.2 Å². The normalized spacial score (nSPS) is 18.8. The summed E-state index contributed by atoms with van der Waals surface area (Å²) >= 11 is 7.91. The number of nitrogens with zero attached hydrogens (tertiary/aromatic N) is 1. The number of thioether (sulfide) groups is 1. The molecule has 1 aromatic rings. The molecule has 5 nitrogen and oxygen atoms in total. The first-order chi connectivity index (χ1) is 9.43. The van der Waals surface area contributed by atoms with Crippen LogP contribution in [0, 0.1) is 0 Å². The highest BCUT2D eigenvalue weighted by atomic mass is 35.5. The predicted octanol–water partition coefficient (Wildman–Crippen LogP) is 3.00. The number of halogens is 1. The highest BCUT2D eigenvalue weighted by molar-refractivity contribution is 8.18. The second-order valence-electron chi connectivity index (χ2n) is 3.89. The zero-order valence-corrected chi connectivity index (χ0v) is 13.0. The van der Waals surface area contributed by atoms with Crippen molar-refractivity contribution in [2.75, 3.05) is 7.11 Å². The summed E-state index contributed by atoms with van der Waals surface area (Å²) in [7, 11) is 1.21. The van der Waals surface area contributed by atoms with Gasteiger partial charge in [0.25, 0.3) is 11.1 Å². The van der Waals surface area contributed by atoms with Gasteiger partial charge in [0.15, 0.2) is 0 Å². The molecule has 1 fully saturated rings. The Morgan fingerprint density at radius 3 is 2.70 bits per heavy atom. The zero-order chi connectivity index (χ0) is 14.9. The Bertz CT molecular complexity index is 610. The number of esters is 1. The van der Waals surface area contributed by atoms with Crippen molar-refractivity contribution < 1.29 is 19.1 Å². The molecule has 1 aliphatic heterocycles. The number of hydrogen-bond acceptors (Lipinski definition) is 6. The van der Waals surface area contributed by atoms with Crippen LogP contribution in [0.2, 0.25) is 4.34 Å². The topological polar surface area (TPSA) is 63.7 Å². The number of carbonyl (C=O) groups is 3. The van der Waals surface area contributed by atoms with Crippen LogP contribution in [0.4, 0.5) is 4.79 Å². The molecule has 0 aromatic carbocycles. The SMILES string of the molecule is COC(=O)[C@@H](C)N1C(=O)S/C(=C\c2ccc(Cl)s2)C1=O. The Balaban J connectivity index is 2.25. The first-order valence-corrected chi connectivity index (χ1v) is 7.55. The van der Waals surface area contributed by atoms with Gasteiger partial charge >= 0.3 is 5.97 Å². The second-order valence-corrected chi connectivity index (χ2v) is 6.63. The molecule has 0 unspecified atom stereocenters. The van der Waals surface area contributed by atoms with E-state index >= 15 is 0 Å². The van der Waals surface area contributed by atoms with Gasteiger partial charge in [-0.15, -0.1) is 11.3 Å². The monoisotopic (exact) mass is 331 g/mol. The van der Waals surface area contributed by atoms with Crippen molar-refractivity contribution in [1.29, 1.82) is 0 Å². The maximum absolute atomic E-state index is 12.2. The molecular formula is C12H10ClNO4S2. The van der Waals surface area contributed by atoms with Gasteiger partial charge in [-0.2, -0.15) is 0 Å². The van der Waals surface area contributed by atoms with Gasteiger partial charge in [0.05, 0.1) is 16.4 Å². The van der Waals surface area contributed by atoms with Crippen molar-refractivity contribution in [1.82, 2.24) is 4.90 Å². The number of thiophene rings is 1. The van der Waals surface area contributed by atoms with Crippen LogP contribution in [-0.4, -0.2) is 35.2 Å². The van der Waals surface area contributed by atoms with Crippen LogP contribution in [0.5, 0.6) is 0 Å². The standard InChI is InChI=1S/C12H10ClNO4S2/c1-6(11(16)18-2)14-10(15)8(20-12(14)17)5-7-3-4-9(13)19-7/h3-6H,1-2H3/b8-5-/t6-/m1/s1. The Labute approximate surface area is 128 Å². The van der Waals surface area contributed by atoms with Gasteiger partial charge in [0.2, 0.25) is 0 Å². The average Bonchev–Trinajstić information content (AvgIpc) is 2.93. The molecule has 0 spiro atoms. The first kappa shape index (κ1) is 15.1. The van der Waals surface area contributed by atoms with Crippen molar-refractivity contribution >= 4 is 57.9 Å². The lowest BCUT2D eigenvalue weighted by Gasteiger charge is -2.18. The number of methoxy groups -OCH3 is 1. The molecule has 2 rings (SSSR count). The van der Waals surface area contributed by atoms with Crippen LogP contribution < -0.4 is 0 Å². The van der Waals surface area contributed by atoms with E-state index in [0.717, 1.165) is 21.5 Å². The lowest BCUT2D eigenvalue weighted by Crippen LogP contribution is -2.42. The van der Waals surface area contributed by atoms with Crippen LogP contribution in [0.3, 0.4) is 0 Å². The zero-order valence-electron chi connectivity index (χ0n) is 10.6. The number of amides is 2. The summed E-state index contributed by atoms with van der Waals surface area (Å²) in [4.78, 5) is 37.4. The predicted molar refractivity (Wildman–Crippen MR) is 78.6 cm³/mol. The minimum atomic E-state index is -0.940. The van der Waals surface area contributed by atoms with Crippen molar-refractivity contribution in [2.24, 2.45) is 0 Å². The summed E-state index contributed by atoms with van der Waals surface area (Å²) in [5.74, 6) is -1.13. The van der Waals surface area contributed by atoms with Crippen molar-refractivity contribution in [3.63, 3.8) is 0 Å². The molecule has 8 heteroatoms. The highest BCUT2D eigenvalue weighted by Gasteiger charge is 2.41. The Morgan fingerprint density at radius 1 is 1.45 bits per heavy atom. The van der Waals surface area contributed by atoms with E-state index in [1.807, 2.05) is 0 Å². The fourth-order valence-electron chi connectivity index (χ4n) is 1.62. The first-order valence-electron chi connectivity index (χ1n) is 5.54. The van der Waals surface area contributed by atoms with Gasteiger partial charge in [0, 0.05) is 4.88 Å². The van der Waals surface area contributed by atoms with Crippen LogP contribution in [0.15, 0.2) is 17.0 Å². The van der Waals surface area contributed by atoms with Crippen molar-refractivity contribution in [3.05, 3.63) is 26.3 Å². The summed E-state index contributed by atoms with van der Waals surface area (Å²) in [6.45, 7) is 1.45. The van der Waals surface area contributed by atoms with Gasteiger partial charge in [-0.25, -0.2) is 4.79 Å². The molecule has 0 aliphatic carbocycles. The fraction of sp³-hybridized carbons (Fsp3) is 0.250. The van der Waals surface area contributed by atoms with Gasteiger partial charge in [-0.3, -0.25) is 14.5 Å². The third-order valence-corrected chi connectivity index (χ3v) is 4.68. The van der Waals surface area contributed by atoms with Crippen LogP contribution in [0.1, 0.15) is 11.8 Å². The molecule has 1 aromatic heterocycles. The van der Waals surface area contributed by atoms with Gasteiger partial charge in [-0.1, -0.05) is 11.6 Å². The molecule has 1 atom stereocenters. The number of carbonyl (C=O) groups excluding carboxylic acids is 3. The summed E-state index contributed by atoms with van der Waals surface area (Å²) in [6, 6.07) is 2.52. The smallest absolute Gasteiger partial charge is 0.328 e. The van der Waals surface area contributed by atoms with E-state index in [2.05, 4.69) is 4.74 Å². The number of ether oxygens (including phenoxy) is 1. The Hall–Kier alpha value is -1.31. The quantitative estimate of drug-likeness (QED) is 0.629. The Morgan fingerprint density at radius 2 is 2.15 bits per heavy atom. The maximum Gasteiger partial charge on any atom is 0.328 e. The second kappa shape index (κ2) is 5.99. The van der Waals surface area contributed by atoms with Gasteiger partial charge < -0.3 is 4.74 Å². The average molecular weight is 332 g/mol. The third kappa shape index (κ3) is 2.89. The van der Waals surface area contributed by atoms with Gasteiger partial charge in [-0.05, 0) is 36.9 Å². The molecule has 0 radical (unpaired) electrons. The van der Waals surface area contributed by atoms with Crippen LogP contribution in [-0.2, 0) is 14.3 Å². The number of imide groups is 1. The highest BCUT2D eigenvalue weighted by Crippen LogP contribution is 2.35. The van der Waals surface area contributed by atoms with E-state index in [0.29, 0.717) is 4.34 Å². The van der Waals surface area contributed by atoms with Crippen LogP contribution >= 0.6 is 34.7 Å². The molecule has 106 valence electrons. The number of hydrogen-bond donors (Lipinski definition) is 0.